The van der Waals surface area contributed by atoms with Crippen molar-refractivity contribution in [1.82, 2.24) is 20.5 Å². The van der Waals surface area contributed by atoms with E-state index in [1.807, 2.05) is 11.1 Å². The molecule has 1 saturated carbocycles. The summed E-state index contributed by atoms with van der Waals surface area (Å²) >= 11 is 0. The lowest BCUT2D eigenvalue weighted by Gasteiger charge is -2.34. The minimum Gasteiger partial charge on any atom is -0.453 e. The highest BCUT2D eigenvalue weighted by atomic mass is 16.5. The molecule has 0 unspecified atom stereocenters. The van der Waals surface area contributed by atoms with Crippen molar-refractivity contribution in [3.8, 4) is 0 Å². The zero-order chi connectivity index (χ0) is 23.9. The molecule has 9 nitrogen and oxygen atoms in total. The van der Waals surface area contributed by atoms with E-state index < -0.39 is 12.2 Å². The van der Waals surface area contributed by atoms with Crippen molar-refractivity contribution in [2.24, 2.45) is 0 Å². The monoisotopic (exact) mass is 474 g/mol. The lowest BCUT2D eigenvalue weighted by molar-refractivity contribution is -0.148. The first-order valence-corrected chi connectivity index (χ1v) is 12.6. The van der Waals surface area contributed by atoms with E-state index in [0.29, 0.717) is 25.6 Å². The lowest BCUT2D eigenvalue weighted by atomic mass is 9.90. The van der Waals surface area contributed by atoms with Crippen LogP contribution < -0.4 is 10.6 Å². The number of methoxy groups -OCH3 is 1. The molecular formula is C25H38N4O5. The van der Waals surface area contributed by atoms with Crippen LogP contribution in [0, 0.1) is 0 Å². The van der Waals surface area contributed by atoms with Crippen LogP contribution in [0.1, 0.15) is 67.8 Å². The molecule has 0 bridgehead atoms. The number of hydrogen-bond acceptors (Lipinski definition) is 7. The zero-order valence-electron chi connectivity index (χ0n) is 20.4. The molecule has 0 spiro atoms. The fourth-order valence-electron chi connectivity index (χ4n) is 4.94. The maximum Gasteiger partial charge on any atom is 0.406 e. The Hall–Kier alpha value is -2.23. The first kappa shape index (κ1) is 24.9. The Labute approximate surface area is 201 Å². The molecular weight excluding hydrogens is 436 g/mol. The summed E-state index contributed by atoms with van der Waals surface area (Å²) in [6.45, 7) is 6.07. The molecule has 3 fully saturated rings. The van der Waals surface area contributed by atoms with Gasteiger partial charge < -0.3 is 29.7 Å². The number of carbonyl (C=O) groups is 2. The SMILES string of the molecule is COC(=O)NCCCc1cc([C@@H](C)N(C(=O)[C@H]2CNCCO2)C2CC2)cnc1C1CCOCC1. The van der Waals surface area contributed by atoms with Crippen LogP contribution in [0.25, 0.3) is 0 Å². The van der Waals surface area contributed by atoms with E-state index in [9.17, 15) is 9.59 Å². The Morgan fingerprint density at radius 1 is 1.26 bits per heavy atom. The van der Waals surface area contributed by atoms with Crippen LogP contribution >= 0.6 is 0 Å². The van der Waals surface area contributed by atoms with Crippen LogP contribution in [0.2, 0.25) is 0 Å². The summed E-state index contributed by atoms with van der Waals surface area (Å²) in [6, 6.07) is 2.42. The lowest BCUT2D eigenvalue weighted by Crippen LogP contribution is -2.50. The molecule has 1 aliphatic carbocycles. The molecule has 0 aromatic carbocycles. The van der Waals surface area contributed by atoms with Crippen molar-refractivity contribution < 1.29 is 23.8 Å². The number of nitrogens with one attached hydrogen (secondary N) is 2. The third-order valence-corrected chi connectivity index (χ3v) is 7.01. The molecule has 2 atom stereocenters. The predicted octanol–water partition coefficient (Wildman–Crippen LogP) is 2.30. The van der Waals surface area contributed by atoms with Gasteiger partial charge in [0.2, 0.25) is 0 Å². The highest BCUT2D eigenvalue weighted by molar-refractivity contribution is 5.82. The first-order chi connectivity index (χ1) is 16.6. The zero-order valence-corrected chi connectivity index (χ0v) is 20.4. The molecule has 2 amide bonds. The summed E-state index contributed by atoms with van der Waals surface area (Å²) < 4.78 is 16.0. The van der Waals surface area contributed by atoms with Crippen LogP contribution in [0.4, 0.5) is 4.79 Å². The van der Waals surface area contributed by atoms with Crippen molar-refractivity contribution >= 4 is 12.0 Å². The smallest absolute Gasteiger partial charge is 0.406 e. The molecule has 188 valence electrons. The highest BCUT2D eigenvalue weighted by Gasteiger charge is 2.40. The van der Waals surface area contributed by atoms with Gasteiger partial charge in [-0.1, -0.05) is 6.07 Å². The number of amides is 2. The van der Waals surface area contributed by atoms with Crippen LogP contribution in [0.3, 0.4) is 0 Å². The average Bonchev–Trinajstić information content (AvgIpc) is 3.72. The number of nitrogens with zero attached hydrogens (tertiary/aromatic N) is 2. The largest absolute Gasteiger partial charge is 0.453 e. The maximum atomic E-state index is 13.4. The highest BCUT2D eigenvalue weighted by Crippen LogP contribution is 2.37. The van der Waals surface area contributed by atoms with Crippen molar-refractivity contribution in [2.45, 2.75) is 69.6 Å². The summed E-state index contributed by atoms with van der Waals surface area (Å²) in [4.78, 5) is 31.7. The Kier molecular flexibility index (Phi) is 8.74. The molecule has 1 aromatic heterocycles. The Balaban J connectivity index is 1.52. The van der Waals surface area contributed by atoms with E-state index in [0.717, 1.165) is 69.5 Å². The number of aryl methyl sites for hydroxylation is 1. The molecule has 3 heterocycles. The number of carbonyl (C=O) groups excluding carboxylic acids is 2. The maximum absolute atomic E-state index is 13.4. The van der Waals surface area contributed by atoms with Gasteiger partial charge in [0, 0.05) is 56.7 Å². The Morgan fingerprint density at radius 2 is 2.06 bits per heavy atom. The topological polar surface area (TPSA) is 102 Å². The van der Waals surface area contributed by atoms with Gasteiger partial charge in [-0.2, -0.15) is 0 Å². The number of ether oxygens (including phenoxy) is 3. The molecule has 2 saturated heterocycles. The quantitative estimate of drug-likeness (QED) is 0.530. The fraction of sp³-hybridized carbons (Fsp3) is 0.720. The van der Waals surface area contributed by atoms with Gasteiger partial charge in [-0.15, -0.1) is 0 Å². The molecule has 34 heavy (non-hydrogen) atoms. The minimum absolute atomic E-state index is 0.0690. The first-order valence-electron chi connectivity index (χ1n) is 12.6. The summed E-state index contributed by atoms with van der Waals surface area (Å²) in [5.74, 6) is 0.448. The number of morpholine rings is 1. The van der Waals surface area contributed by atoms with E-state index in [4.69, 9.17) is 14.5 Å². The van der Waals surface area contributed by atoms with E-state index in [2.05, 4.69) is 28.4 Å². The van der Waals surface area contributed by atoms with E-state index >= 15 is 0 Å². The van der Waals surface area contributed by atoms with Crippen molar-refractivity contribution in [1.29, 1.82) is 0 Å². The average molecular weight is 475 g/mol. The molecule has 3 aliphatic rings. The van der Waals surface area contributed by atoms with Gasteiger partial charge in [0.1, 0.15) is 6.10 Å². The third-order valence-electron chi connectivity index (χ3n) is 7.01. The van der Waals surface area contributed by atoms with Crippen LogP contribution in [-0.4, -0.2) is 80.6 Å². The van der Waals surface area contributed by atoms with Crippen molar-refractivity contribution in [3.05, 3.63) is 29.1 Å². The number of pyridine rings is 1. The number of hydrogen-bond donors (Lipinski definition) is 2. The second-order valence-electron chi connectivity index (χ2n) is 9.44. The number of aromatic nitrogens is 1. The van der Waals surface area contributed by atoms with Crippen LogP contribution in [0.15, 0.2) is 12.3 Å². The molecule has 2 aliphatic heterocycles. The summed E-state index contributed by atoms with van der Waals surface area (Å²) in [5, 5.41) is 6.03. The Morgan fingerprint density at radius 3 is 2.74 bits per heavy atom. The number of rotatable bonds is 9. The second kappa shape index (κ2) is 12.0. The van der Waals surface area contributed by atoms with Gasteiger partial charge >= 0.3 is 6.09 Å². The number of alkyl carbamates (subject to hydrolysis) is 1. The molecule has 4 rings (SSSR count). The van der Waals surface area contributed by atoms with Gasteiger partial charge in [0.05, 0.1) is 19.8 Å². The van der Waals surface area contributed by atoms with Gasteiger partial charge in [-0.05, 0) is 56.6 Å². The van der Waals surface area contributed by atoms with E-state index in [-0.39, 0.29) is 18.0 Å². The van der Waals surface area contributed by atoms with Crippen LogP contribution in [0.5, 0.6) is 0 Å². The summed E-state index contributed by atoms with van der Waals surface area (Å²) in [7, 11) is 1.37. The van der Waals surface area contributed by atoms with Gasteiger partial charge in [-0.3, -0.25) is 9.78 Å². The predicted molar refractivity (Wildman–Crippen MR) is 127 cm³/mol. The van der Waals surface area contributed by atoms with Gasteiger partial charge in [-0.25, -0.2) is 4.79 Å². The van der Waals surface area contributed by atoms with Crippen molar-refractivity contribution in [3.63, 3.8) is 0 Å². The van der Waals surface area contributed by atoms with Crippen LogP contribution in [-0.2, 0) is 25.4 Å². The van der Waals surface area contributed by atoms with E-state index in [1.54, 1.807) is 0 Å². The molecule has 1 aromatic rings. The Bertz CT molecular complexity index is 835. The second-order valence-corrected chi connectivity index (χ2v) is 9.44. The van der Waals surface area contributed by atoms with Crippen molar-refractivity contribution in [2.75, 3.05) is 46.6 Å². The standard InChI is InChI=1S/C25H38N4O5/c1-17(29(21-5-6-21)24(30)22-16-26-10-13-34-22)20-14-19(4-3-9-27-25(31)32-2)23(28-15-20)18-7-11-33-12-8-18/h14-15,17-18,21-22,26H,3-13,16H2,1-2H3,(H,27,31)/t17-,22-/m1/s1. The van der Waals surface area contributed by atoms with Gasteiger partial charge in [0.15, 0.2) is 0 Å². The minimum atomic E-state index is -0.421. The fourth-order valence-corrected chi connectivity index (χ4v) is 4.94. The molecule has 2 N–H and O–H groups in total. The summed E-state index contributed by atoms with van der Waals surface area (Å²) in [6.07, 6.45) is 6.72. The summed E-state index contributed by atoms with van der Waals surface area (Å²) in [5.41, 5.74) is 3.37. The molecule has 0 radical (unpaired) electrons. The third kappa shape index (κ3) is 6.25. The van der Waals surface area contributed by atoms with Gasteiger partial charge in [0.25, 0.3) is 5.91 Å². The van der Waals surface area contributed by atoms with E-state index in [1.165, 1.54) is 12.7 Å². The molecule has 9 heteroatoms. The normalized spacial score (nSPS) is 22.1.